The maximum atomic E-state index is 14.8. The number of likely N-dealkylation sites (tertiary alicyclic amines) is 1. The molecule has 2 unspecified atom stereocenters. The third-order valence-corrected chi connectivity index (χ3v) is 9.71. The number of aliphatic hydroxyl groups is 1. The van der Waals surface area contributed by atoms with Gasteiger partial charge in [0.05, 0.1) is 36.7 Å². The number of anilines is 1. The summed E-state index contributed by atoms with van der Waals surface area (Å²) in [6.07, 6.45) is 2.24. The second-order valence-electron chi connectivity index (χ2n) is 14.7. The third-order valence-electron chi connectivity index (χ3n) is 9.71. The normalized spacial score (nSPS) is 28.1. The lowest BCUT2D eigenvalue weighted by Crippen LogP contribution is -2.60. The van der Waals surface area contributed by atoms with Gasteiger partial charge in [0.1, 0.15) is 17.4 Å². The summed E-state index contributed by atoms with van der Waals surface area (Å²) in [5.41, 5.74) is -1.43. The van der Waals surface area contributed by atoms with Crippen molar-refractivity contribution < 1.29 is 29.0 Å². The predicted molar refractivity (Wildman–Crippen MR) is 172 cm³/mol. The van der Waals surface area contributed by atoms with E-state index >= 15 is 0 Å². The van der Waals surface area contributed by atoms with E-state index in [2.05, 4.69) is 31.4 Å². The fourth-order valence-corrected chi connectivity index (χ4v) is 8.51. The number of nitrogens with zero attached hydrogens (tertiary/aromatic N) is 1. The van der Waals surface area contributed by atoms with Crippen LogP contribution in [0, 0.1) is 17.3 Å². The number of carbonyl (C=O) groups is 3. The number of nitrogens with one attached hydrogen (secondary N) is 2. The fraction of sp³-hybridized carbons (Fsp3) is 0.583. The topological polar surface area (TPSA) is 117 Å². The highest BCUT2D eigenvalue weighted by Gasteiger charge is 2.79. The molecule has 2 bridgehead atoms. The fourth-order valence-electron chi connectivity index (χ4n) is 8.51. The zero-order valence-corrected chi connectivity index (χ0v) is 27.7. The van der Waals surface area contributed by atoms with E-state index in [0.29, 0.717) is 49.3 Å². The maximum absolute atomic E-state index is 14.8. The van der Waals surface area contributed by atoms with Gasteiger partial charge in [0, 0.05) is 11.2 Å². The van der Waals surface area contributed by atoms with Crippen molar-refractivity contribution in [2.24, 2.45) is 17.3 Å². The van der Waals surface area contributed by atoms with Gasteiger partial charge in [-0.15, -0.1) is 0 Å². The zero-order valence-electron chi connectivity index (χ0n) is 27.7. The number of benzene rings is 2. The standard InChI is InChI=1S/C36H49N3O6/c1-8-35-19-20-36(45-35)28(27(35)30(41)37-24-15-17-25(18-16-24)44-9-2)32(43)39(26(21-40)23-13-11-10-12-14-23)29(36)31(42)38-34(6,7)22-33(3,4)5/h10-18,26-29,40H,8-9,19-22H2,1-7H3,(H,37,41)(H,38,42)/t26-,27+,28+,29?,35-,36?/m1/s1. The molecular weight excluding hydrogens is 570 g/mol. The van der Waals surface area contributed by atoms with E-state index in [-0.39, 0.29) is 29.7 Å². The summed E-state index contributed by atoms with van der Waals surface area (Å²) in [4.78, 5) is 45.0. The van der Waals surface area contributed by atoms with E-state index in [0.717, 1.165) is 0 Å². The quantitative estimate of drug-likeness (QED) is 0.317. The Morgan fingerprint density at radius 2 is 1.69 bits per heavy atom. The van der Waals surface area contributed by atoms with Gasteiger partial charge in [-0.05, 0) is 81.7 Å². The smallest absolute Gasteiger partial charge is 0.246 e. The minimum atomic E-state index is -1.21. The first-order valence-electron chi connectivity index (χ1n) is 16.2. The Labute approximate surface area is 267 Å². The first-order valence-corrected chi connectivity index (χ1v) is 16.2. The maximum Gasteiger partial charge on any atom is 0.246 e. The molecule has 45 heavy (non-hydrogen) atoms. The lowest BCUT2D eigenvalue weighted by atomic mass is 9.65. The first-order chi connectivity index (χ1) is 21.2. The van der Waals surface area contributed by atoms with Gasteiger partial charge in [-0.25, -0.2) is 0 Å². The SMILES string of the molecule is CCOc1ccc(NC(=O)[C@@H]2[C@H]3C(=O)N([C@H](CO)c4ccccc4)C(C(=O)NC(C)(C)CC(C)(C)C)C34CC[C@@]2(CC)O4)cc1. The Morgan fingerprint density at radius 1 is 1.02 bits per heavy atom. The Kier molecular flexibility index (Phi) is 8.83. The Balaban J connectivity index is 1.56. The average Bonchev–Trinajstić information content (AvgIpc) is 3.57. The summed E-state index contributed by atoms with van der Waals surface area (Å²) in [6, 6.07) is 14.6. The molecule has 3 heterocycles. The summed E-state index contributed by atoms with van der Waals surface area (Å²) < 4.78 is 12.5. The summed E-state index contributed by atoms with van der Waals surface area (Å²) in [5.74, 6) is -1.97. The van der Waals surface area contributed by atoms with E-state index in [4.69, 9.17) is 9.47 Å². The number of amides is 3. The van der Waals surface area contributed by atoms with Gasteiger partial charge in [0.15, 0.2) is 0 Å². The molecule has 3 N–H and O–H groups in total. The highest BCUT2D eigenvalue weighted by atomic mass is 16.5. The molecule has 0 radical (unpaired) electrons. The van der Waals surface area contributed by atoms with Crippen LogP contribution in [0.25, 0.3) is 0 Å². The van der Waals surface area contributed by atoms with Crippen LogP contribution in [-0.2, 0) is 19.1 Å². The second-order valence-corrected chi connectivity index (χ2v) is 14.7. The van der Waals surface area contributed by atoms with Gasteiger partial charge in [-0.3, -0.25) is 14.4 Å². The number of hydrogen-bond acceptors (Lipinski definition) is 6. The van der Waals surface area contributed by atoms with Crippen LogP contribution in [0.5, 0.6) is 5.75 Å². The monoisotopic (exact) mass is 619 g/mol. The molecule has 9 nitrogen and oxygen atoms in total. The van der Waals surface area contributed by atoms with Crippen molar-refractivity contribution in [3.05, 3.63) is 60.2 Å². The van der Waals surface area contributed by atoms with Crippen molar-refractivity contribution >= 4 is 23.4 Å². The highest BCUT2D eigenvalue weighted by molar-refractivity contribution is 6.02. The largest absolute Gasteiger partial charge is 0.494 e. The lowest BCUT2D eigenvalue weighted by molar-refractivity contribution is -0.151. The molecule has 1 spiro atoms. The van der Waals surface area contributed by atoms with Crippen molar-refractivity contribution in [2.45, 2.75) is 103 Å². The second kappa shape index (κ2) is 12.1. The number of carbonyl (C=O) groups excluding carboxylic acids is 3. The molecule has 2 aromatic rings. The van der Waals surface area contributed by atoms with E-state index < -0.39 is 40.7 Å². The van der Waals surface area contributed by atoms with Gasteiger partial charge in [-0.1, -0.05) is 58.0 Å². The van der Waals surface area contributed by atoms with Crippen LogP contribution in [0.4, 0.5) is 5.69 Å². The minimum Gasteiger partial charge on any atom is -0.494 e. The van der Waals surface area contributed by atoms with E-state index in [1.54, 1.807) is 24.3 Å². The molecule has 3 aliphatic heterocycles. The van der Waals surface area contributed by atoms with Crippen LogP contribution in [0.2, 0.25) is 0 Å². The lowest BCUT2D eigenvalue weighted by Gasteiger charge is -2.40. The molecule has 6 atom stereocenters. The van der Waals surface area contributed by atoms with Crippen molar-refractivity contribution in [1.82, 2.24) is 10.2 Å². The third kappa shape index (κ3) is 5.97. The van der Waals surface area contributed by atoms with E-state index in [9.17, 15) is 19.5 Å². The van der Waals surface area contributed by atoms with Crippen molar-refractivity contribution in [3.63, 3.8) is 0 Å². The average molecular weight is 620 g/mol. The summed E-state index contributed by atoms with van der Waals surface area (Å²) in [7, 11) is 0. The van der Waals surface area contributed by atoms with Crippen LogP contribution in [0.1, 0.15) is 85.8 Å². The van der Waals surface area contributed by atoms with Crippen LogP contribution in [-0.4, -0.2) is 63.7 Å². The molecule has 0 aromatic heterocycles. The van der Waals surface area contributed by atoms with Gasteiger partial charge in [0.2, 0.25) is 17.7 Å². The van der Waals surface area contributed by atoms with Crippen LogP contribution in [0.15, 0.2) is 54.6 Å². The van der Waals surface area contributed by atoms with Crippen LogP contribution < -0.4 is 15.4 Å². The molecule has 0 aliphatic carbocycles. The van der Waals surface area contributed by atoms with Gasteiger partial charge < -0.3 is 30.1 Å². The molecule has 244 valence electrons. The number of hydrogen-bond donors (Lipinski definition) is 3. The van der Waals surface area contributed by atoms with Gasteiger partial charge >= 0.3 is 0 Å². The van der Waals surface area contributed by atoms with Crippen molar-refractivity contribution in [3.8, 4) is 5.75 Å². The molecule has 0 saturated carbocycles. The summed E-state index contributed by atoms with van der Waals surface area (Å²) in [6.45, 7) is 14.4. The summed E-state index contributed by atoms with van der Waals surface area (Å²) >= 11 is 0. The Bertz CT molecular complexity index is 1400. The number of fused-ring (bicyclic) bond motifs is 1. The van der Waals surface area contributed by atoms with Gasteiger partial charge in [-0.2, -0.15) is 0 Å². The molecule has 2 aromatic carbocycles. The van der Waals surface area contributed by atoms with Crippen LogP contribution >= 0.6 is 0 Å². The Hall–Kier alpha value is -3.43. The molecule has 3 aliphatic rings. The summed E-state index contributed by atoms with van der Waals surface area (Å²) in [5, 5.41) is 17.0. The number of ether oxygens (including phenoxy) is 2. The molecular formula is C36H49N3O6. The minimum absolute atomic E-state index is 0.0565. The van der Waals surface area contributed by atoms with E-state index in [1.165, 1.54) is 4.90 Å². The van der Waals surface area contributed by atoms with Crippen molar-refractivity contribution in [1.29, 1.82) is 0 Å². The molecule has 9 heteroatoms. The Morgan fingerprint density at radius 3 is 2.27 bits per heavy atom. The number of aliphatic hydroxyl groups excluding tert-OH is 1. The predicted octanol–water partition coefficient (Wildman–Crippen LogP) is 5.24. The molecule has 3 amide bonds. The zero-order chi connectivity index (χ0) is 32.8. The number of rotatable bonds is 11. The molecule has 3 fully saturated rings. The molecule has 3 saturated heterocycles. The first kappa shape index (κ1) is 32.9. The van der Waals surface area contributed by atoms with E-state index in [1.807, 2.05) is 58.0 Å². The van der Waals surface area contributed by atoms with Crippen molar-refractivity contribution in [2.75, 3.05) is 18.5 Å². The van der Waals surface area contributed by atoms with Gasteiger partial charge in [0.25, 0.3) is 0 Å². The molecule has 5 rings (SSSR count). The van der Waals surface area contributed by atoms with Crippen LogP contribution in [0.3, 0.4) is 0 Å². The highest BCUT2D eigenvalue weighted by Crippen LogP contribution is 2.65.